The van der Waals surface area contributed by atoms with Crippen LogP contribution >= 0.6 is 12.2 Å². The number of hydrazone groups is 1. The Bertz CT molecular complexity index is 606. The van der Waals surface area contributed by atoms with Crippen LogP contribution in [0, 0.1) is 0 Å². The largest absolute Gasteiger partial charge is 0.399 e. The third-order valence-corrected chi connectivity index (χ3v) is 2.88. The Kier molecular flexibility index (Phi) is 4.68. The van der Waals surface area contributed by atoms with E-state index < -0.39 is 0 Å². The molecule has 0 bridgehead atoms. The van der Waals surface area contributed by atoms with E-state index in [2.05, 4.69) is 15.8 Å². The molecule has 0 radical (unpaired) electrons. The van der Waals surface area contributed by atoms with Gasteiger partial charge in [-0.15, -0.1) is 0 Å². The van der Waals surface area contributed by atoms with Crippen molar-refractivity contribution in [3.8, 4) is 0 Å². The lowest BCUT2D eigenvalue weighted by atomic mass is 10.1. The van der Waals surface area contributed by atoms with Crippen molar-refractivity contribution in [3.63, 3.8) is 0 Å². The first-order chi connectivity index (χ1) is 9.65. The summed E-state index contributed by atoms with van der Waals surface area (Å²) in [6, 6.07) is 17.2. The summed E-state index contributed by atoms with van der Waals surface area (Å²) >= 11 is 5.18. The summed E-state index contributed by atoms with van der Waals surface area (Å²) in [5, 5.41) is 7.74. The van der Waals surface area contributed by atoms with Crippen LogP contribution in [0.4, 0.5) is 11.4 Å². The number of nitrogens with zero attached hydrogens (tertiary/aromatic N) is 1. The van der Waals surface area contributed by atoms with Crippen molar-refractivity contribution in [2.75, 3.05) is 11.1 Å². The monoisotopic (exact) mass is 284 g/mol. The first kappa shape index (κ1) is 14.0. The first-order valence-electron chi connectivity index (χ1n) is 6.17. The molecule has 0 aliphatic carbocycles. The van der Waals surface area contributed by atoms with E-state index in [0.29, 0.717) is 5.11 Å². The van der Waals surface area contributed by atoms with Gasteiger partial charge in [-0.3, -0.25) is 5.43 Å². The quantitative estimate of drug-likeness (QED) is 0.351. The highest BCUT2D eigenvalue weighted by Crippen LogP contribution is 2.07. The topological polar surface area (TPSA) is 62.4 Å². The number of nitrogen functional groups attached to an aromatic ring is 1. The molecule has 0 aliphatic heterocycles. The summed E-state index contributed by atoms with van der Waals surface area (Å²) in [5.41, 5.74) is 12.0. The van der Waals surface area contributed by atoms with Crippen molar-refractivity contribution in [2.45, 2.75) is 6.92 Å². The SMILES string of the molecule is CC(=NNC(=S)Nc1ccccc1)c1ccc(N)cc1. The maximum Gasteiger partial charge on any atom is 0.191 e. The molecule has 0 atom stereocenters. The third kappa shape index (κ3) is 4.07. The second-order valence-corrected chi connectivity index (χ2v) is 4.66. The molecule has 4 N–H and O–H groups in total. The number of hydrogen-bond acceptors (Lipinski definition) is 3. The number of anilines is 2. The molecule has 2 aromatic carbocycles. The smallest absolute Gasteiger partial charge is 0.191 e. The van der Waals surface area contributed by atoms with Crippen molar-refractivity contribution in [1.29, 1.82) is 0 Å². The normalized spacial score (nSPS) is 10.9. The van der Waals surface area contributed by atoms with Crippen molar-refractivity contribution >= 4 is 34.4 Å². The zero-order chi connectivity index (χ0) is 14.4. The maximum absolute atomic E-state index is 5.65. The fraction of sp³-hybridized carbons (Fsp3) is 0.0667. The minimum absolute atomic E-state index is 0.450. The molecule has 0 saturated carbocycles. The lowest BCUT2D eigenvalue weighted by Gasteiger charge is -2.08. The van der Waals surface area contributed by atoms with Gasteiger partial charge in [-0.25, -0.2) is 0 Å². The number of hydrogen-bond donors (Lipinski definition) is 3. The van der Waals surface area contributed by atoms with Gasteiger partial charge in [0.05, 0.1) is 5.71 Å². The highest BCUT2D eigenvalue weighted by molar-refractivity contribution is 7.80. The molecule has 0 heterocycles. The van der Waals surface area contributed by atoms with Crippen LogP contribution in [0.5, 0.6) is 0 Å². The zero-order valence-electron chi connectivity index (χ0n) is 11.1. The molecular formula is C15H16N4S. The van der Waals surface area contributed by atoms with E-state index in [1.807, 2.05) is 61.5 Å². The summed E-state index contributed by atoms with van der Waals surface area (Å²) in [7, 11) is 0. The van der Waals surface area contributed by atoms with Crippen LogP contribution in [0.25, 0.3) is 0 Å². The second-order valence-electron chi connectivity index (χ2n) is 4.25. The minimum Gasteiger partial charge on any atom is -0.399 e. The third-order valence-electron chi connectivity index (χ3n) is 2.69. The zero-order valence-corrected chi connectivity index (χ0v) is 11.9. The number of nitrogens with two attached hydrogens (primary N) is 1. The standard InChI is InChI=1S/C15H16N4S/c1-11(12-7-9-13(16)10-8-12)18-19-15(20)17-14-5-3-2-4-6-14/h2-10H,16H2,1H3,(H2,17,19,20). The summed E-state index contributed by atoms with van der Waals surface area (Å²) in [6.45, 7) is 1.91. The maximum atomic E-state index is 5.65. The van der Waals surface area contributed by atoms with E-state index in [1.165, 1.54) is 0 Å². The molecule has 2 aromatic rings. The van der Waals surface area contributed by atoms with E-state index in [4.69, 9.17) is 18.0 Å². The molecule has 4 nitrogen and oxygen atoms in total. The molecular weight excluding hydrogens is 268 g/mol. The molecule has 0 spiro atoms. The molecule has 102 valence electrons. The molecule has 5 heteroatoms. The first-order valence-corrected chi connectivity index (χ1v) is 6.58. The number of rotatable bonds is 3. The van der Waals surface area contributed by atoms with Gasteiger partial charge in [0.25, 0.3) is 0 Å². The molecule has 2 rings (SSSR count). The van der Waals surface area contributed by atoms with Gasteiger partial charge in [0, 0.05) is 11.4 Å². The van der Waals surface area contributed by atoms with E-state index in [-0.39, 0.29) is 0 Å². The lowest BCUT2D eigenvalue weighted by molar-refractivity contribution is 1.04. The molecule has 0 fully saturated rings. The number of para-hydroxylation sites is 1. The Balaban J connectivity index is 1.95. The van der Waals surface area contributed by atoms with Crippen LogP contribution in [0.3, 0.4) is 0 Å². The van der Waals surface area contributed by atoms with Crippen LogP contribution in [0.2, 0.25) is 0 Å². The van der Waals surface area contributed by atoms with E-state index in [0.717, 1.165) is 22.6 Å². The van der Waals surface area contributed by atoms with Gasteiger partial charge in [-0.1, -0.05) is 30.3 Å². The molecule has 0 aliphatic rings. The Hall–Kier alpha value is -2.40. The highest BCUT2D eigenvalue weighted by atomic mass is 32.1. The predicted molar refractivity (Wildman–Crippen MR) is 88.9 cm³/mol. The van der Waals surface area contributed by atoms with Gasteiger partial charge in [0.15, 0.2) is 5.11 Å². The minimum atomic E-state index is 0.450. The highest BCUT2D eigenvalue weighted by Gasteiger charge is 1.98. The fourth-order valence-corrected chi connectivity index (χ4v) is 1.77. The van der Waals surface area contributed by atoms with Crippen LogP contribution in [-0.4, -0.2) is 10.8 Å². The van der Waals surface area contributed by atoms with Gasteiger partial charge in [0.2, 0.25) is 0 Å². The van der Waals surface area contributed by atoms with E-state index in [1.54, 1.807) is 0 Å². The Morgan fingerprint density at radius 1 is 1.05 bits per heavy atom. The molecule has 0 aromatic heterocycles. The van der Waals surface area contributed by atoms with Crippen LogP contribution in [-0.2, 0) is 0 Å². The van der Waals surface area contributed by atoms with Gasteiger partial charge in [-0.2, -0.15) is 5.10 Å². The number of nitrogens with one attached hydrogen (secondary N) is 2. The van der Waals surface area contributed by atoms with Gasteiger partial charge in [-0.05, 0) is 49.0 Å². The van der Waals surface area contributed by atoms with E-state index in [9.17, 15) is 0 Å². The number of benzene rings is 2. The van der Waals surface area contributed by atoms with Gasteiger partial charge < -0.3 is 11.1 Å². The summed E-state index contributed by atoms with van der Waals surface area (Å²) in [5.74, 6) is 0. The fourth-order valence-electron chi connectivity index (χ4n) is 1.60. The van der Waals surface area contributed by atoms with Crippen molar-refractivity contribution in [3.05, 3.63) is 60.2 Å². The summed E-state index contributed by atoms with van der Waals surface area (Å²) < 4.78 is 0. The number of thiocarbonyl (C=S) groups is 1. The molecule has 0 unspecified atom stereocenters. The van der Waals surface area contributed by atoms with Crippen molar-refractivity contribution in [2.24, 2.45) is 5.10 Å². The average molecular weight is 284 g/mol. The average Bonchev–Trinajstić information content (AvgIpc) is 2.46. The van der Waals surface area contributed by atoms with Gasteiger partial charge >= 0.3 is 0 Å². The van der Waals surface area contributed by atoms with Crippen LogP contribution in [0.15, 0.2) is 59.7 Å². The Labute approximate surface area is 123 Å². The Morgan fingerprint density at radius 2 is 1.70 bits per heavy atom. The molecule has 0 saturated heterocycles. The predicted octanol–water partition coefficient (Wildman–Crippen LogP) is 2.98. The summed E-state index contributed by atoms with van der Waals surface area (Å²) in [6.07, 6.45) is 0. The summed E-state index contributed by atoms with van der Waals surface area (Å²) in [4.78, 5) is 0. The molecule has 20 heavy (non-hydrogen) atoms. The van der Waals surface area contributed by atoms with Crippen molar-refractivity contribution in [1.82, 2.24) is 5.43 Å². The van der Waals surface area contributed by atoms with Crippen LogP contribution in [0.1, 0.15) is 12.5 Å². The Morgan fingerprint density at radius 3 is 2.35 bits per heavy atom. The van der Waals surface area contributed by atoms with E-state index >= 15 is 0 Å². The van der Waals surface area contributed by atoms with Crippen LogP contribution < -0.4 is 16.5 Å². The molecule has 0 amide bonds. The lowest BCUT2D eigenvalue weighted by Crippen LogP contribution is -2.24. The van der Waals surface area contributed by atoms with Gasteiger partial charge in [0.1, 0.15) is 0 Å². The second kappa shape index (κ2) is 6.68. The van der Waals surface area contributed by atoms with Crippen molar-refractivity contribution < 1.29 is 0 Å².